The van der Waals surface area contributed by atoms with Gasteiger partial charge in [0, 0.05) is 44.3 Å². The number of carbonyl (C=O) groups is 2. The average molecular weight is 743 g/mol. The molecule has 4 atom stereocenters. The number of hydrogen-bond donors (Lipinski definition) is 3. The van der Waals surface area contributed by atoms with E-state index in [1.165, 1.54) is 34.8 Å². The molecule has 1 aromatic heterocycles. The van der Waals surface area contributed by atoms with Crippen molar-refractivity contribution in [1.29, 1.82) is 0 Å². The lowest BCUT2D eigenvalue weighted by molar-refractivity contribution is -0.128. The monoisotopic (exact) mass is 742 g/mol. The number of oxime groups is 1. The number of nitrogens with zero attached hydrogens (tertiary/aromatic N) is 5. The van der Waals surface area contributed by atoms with Gasteiger partial charge in [-0.2, -0.15) is 4.31 Å². The van der Waals surface area contributed by atoms with E-state index in [1.807, 2.05) is 88.4 Å². The first-order valence-electron chi connectivity index (χ1n) is 18.1. The minimum Gasteiger partial charge on any atom is -0.411 e. The lowest BCUT2D eigenvalue weighted by Gasteiger charge is -2.35. The summed E-state index contributed by atoms with van der Waals surface area (Å²) in [5, 5.41) is 27.8. The van der Waals surface area contributed by atoms with Gasteiger partial charge in [0.15, 0.2) is 0 Å². The van der Waals surface area contributed by atoms with Gasteiger partial charge in [0.25, 0.3) is 0 Å². The molecular formula is C40H50N6O6S. The Morgan fingerprint density at radius 2 is 1.68 bits per heavy atom. The SMILES string of the molecule is CC[C@H](C)[C@@H](C(=O)N[C@@H](Cc1ccccc1)[C@H](O)CN(CC(C)C)S(=O)(=O)c1ccc(C=NO)cc1)N1CCN(Cc2ccnc3ccccc23)C1=O. The number of aromatic nitrogens is 1. The number of urea groups is 1. The number of fused-ring (bicyclic) bond motifs is 1. The van der Waals surface area contributed by atoms with Crippen LogP contribution in [0.25, 0.3) is 10.9 Å². The van der Waals surface area contributed by atoms with Gasteiger partial charge in [-0.3, -0.25) is 9.78 Å². The van der Waals surface area contributed by atoms with Gasteiger partial charge in [-0.15, -0.1) is 0 Å². The third kappa shape index (κ3) is 9.58. The molecule has 0 unspecified atom stereocenters. The van der Waals surface area contributed by atoms with Gasteiger partial charge in [-0.05, 0) is 59.2 Å². The van der Waals surface area contributed by atoms with Crippen LogP contribution in [0.2, 0.25) is 0 Å². The van der Waals surface area contributed by atoms with Crippen LogP contribution in [0.1, 0.15) is 50.8 Å². The van der Waals surface area contributed by atoms with Crippen molar-refractivity contribution in [3.8, 4) is 0 Å². The van der Waals surface area contributed by atoms with E-state index in [9.17, 15) is 23.1 Å². The summed E-state index contributed by atoms with van der Waals surface area (Å²) < 4.78 is 29.1. The standard InChI is InChI=1S/C40H50N6O6S/c1-5-29(4)38(46-22-21-44(40(46)49)26-32-19-20-41-35-14-10-9-13-34(32)35)39(48)43-36(23-30-11-7-6-8-12-30)37(47)27-45(25-28(2)3)53(51,52)33-17-15-31(16-18-33)24-42-50/h6-20,24,28-29,36-38,47,50H,5,21-23,25-27H2,1-4H3,(H,43,48)/t29-,36-,37+,38-/m0/s1. The van der Waals surface area contributed by atoms with Gasteiger partial charge in [0.1, 0.15) is 6.04 Å². The molecule has 0 radical (unpaired) electrons. The van der Waals surface area contributed by atoms with E-state index in [4.69, 9.17) is 5.21 Å². The smallest absolute Gasteiger partial charge is 0.321 e. The Bertz CT molecular complexity index is 1970. The molecule has 1 aliphatic rings. The van der Waals surface area contributed by atoms with Crippen LogP contribution in [0, 0.1) is 11.8 Å². The second-order valence-corrected chi connectivity index (χ2v) is 16.1. The zero-order chi connectivity index (χ0) is 38.1. The zero-order valence-electron chi connectivity index (χ0n) is 30.7. The van der Waals surface area contributed by atoms with Crippen LogP contribution >= 0.6 is 0 Å². The summed E-state index contributed by atoms with van der Waals surface area (Å²) in [6.07, 6.45) is 2.51. The Morgan fingerprint density at radius 3 is 2.36 bits per heavy atom. The molecule has 1 fully saturated rings. The maximum atomic E-state index is 14.4. The number of aliphatic hydroxyl groups is 1. The predicted octanol–water partition coefficient (Wildman–Crippen LogP) is 5.13. The Balaban J connectivity index is 1.39. The number of rotatable bonds is 17. The molecule has 13 heteroatoms. The van der Waals surface area contributed by atoms with E-state index in [2.05, 4.69) is 15.5 Å². The van der Waals surface area contributed by atoms with Crippen LogP contribution < -0.4 is 5.32 Å². The molecule has 0 saturated carbocycles. The molecule has 0 spiro atoms. The Kier molecular flexibility index (Phi) is 13.2. The summed E-state index contributed by atoms with van der Waals surface area (Å²) in [4.78, 5) is 36.2. The quantitative estimate of drug-likeness (QED) is 0.0770. The van der Waals surface area contributed by atoms with E-state index in [-0.39, 0.29) is 42.3 Å². The fraction of sp³-hybridized carbons (Fsp3) is 0.400. The highest BCUT2D eigenvalue weighted by molar-refractivity contribution is 7.89. The van der Waals surface area contributed by atoms with Crippen molar-refractivity contribution in [1.82, 2.24) is 24.4 Å². The van der Waals surface area contributed by atoms with Crippen molar-refractivity contribution in [2.24, 2.45) is 17.0 Å². The molecule has 12 nitrogen and oxygen atoms in total. The Labute approximate surface area is 312 Å². The molecule has 3 amide bonds. The van der Waals surface area contributed by atoms with Crippen molar-refractivity contribution < 1.29 is 28.3 Å². The summed E-state index contributed by atoms with van der Waals surface area (Å²) in [7, 11) is -4.07. The highest BCUT2D eigenvalue weighted by atomic mass is 32.2. The molecular weight excluding hydrogens is 693 g/mol. The number of para-hydroxylation sites is 1. The number of benzene rings is 3. The van der Waals surface area contributed by atoms with Crippen molar-refractivity contribution in [2.75, 3.05) is 26.2 Å². The number of carbonyl (C=O) groups excluding carboxylic acids is 2. The number of sulfonamides is 1. The maximum absolute atomic E-state index is 14.4. The van der Waals surface area contributed by atoms with Crippen LogP contribution in [-0.2, 0) is 27.8 Å². The molecule has 4 aromatic rings. The maximum Gasteiger partial charge on any atom is 0.321 e. The second-order valence-electron chi connectivity index (χ2n) is 14.1. The minimum absolute atomic E-state index is 0.0257. The highest BCUT2D eigenvalue weighted by Gasteiger charge is 2.41. The van der Waals surface area contributed by atoms with Crippen LogP contribution in [0.5, 0.6) is 0 Å². The van der Waals surface area contributed by atoms with E-state index < -0.39 is 34.1 Å². The first-order valence-corrected chi connectivity index (χ1v) is 19.5. The Hall–Kier alpha value is -4.85. The molecule has 53 heavy (non-hydrogen) atoms. The summed E-state index contributed by atoms with van der Waals surface area (Å²) >= 11 is 0. The number of amides is 3. The van der Waals surface area contributed by atoms with E-state index in [1.54, 1.807) is 16.0 Å². The molecule has 3 aromatic carbocycles. The van der Waals surface area contributed by atoms with Gasteiger partial charge in [0.05, 0.1) is 28.8 Å². The fourth-order valence-corrected chi connectivity index (χ4v) is 8.43. The minimum atomic E-state index is -4.07. The topological polar surface area (TPSA) is 156 Å². The number of aliphatic hydroxyl groups excluding tert-OH is 1. The van der Waals surface area contributed by atoms with Crippen LogP contribution in [0.3, 0.4) is 0 Å². The summed E-state index contributed by atoms with van der Waals surface area (Å²) in [5.74, 6) is -0.667. The fourth-order valence-electron chi connectivity index (χ4n) is 6.81. The van der Waals surface area contributed by atoms with E-state index in [0.29, 0.717) is 31.6 Å². The van der Waals surface area contributed by atoms with Crippen LogP contribution in [0.4, 0.5) is 4.79 Å². The molecule has 3 N–H and O–H groups in total. The summed E-state index contributed by atoms with van der Waals surface area (Å²) in [6, 6.07) is 23.1. The Morgan fingerprint density at radius 1 is 0.981 bits per heavy atom. The van der Waals surface area contributed by atoms with Gasteiger partial charge >= 0.3 is 6.03 Å². The molecule has 0 bridgehead atoms. The average Bonchev–Trinajstić information content (AvgIpc) is 3.50. The van der Waals surface area contributed by atoms with Crippen LogP contribution in [0.15, 0.2) is 101 Å². The van der Waals surface area contributed by atoms with E-state index in [0.717, 1.165) is 22.0 Å². The normalized spacial score (nSPS) is 16.1. The second kappa shape index (κ2) is 17.8. The first-order chi connectivity index (χ1) is 25.4. The van der Waals surface area contributed by atoms with E-state index >= 15 is 0 Å². The largest absolute Gasteiger partial charge is 0.411 e. The van der Waals surface area contributed by atoms with Crippen molar-refractivity contribution in [3.63, 3.8) is 0 Å². The van der Waals surface area contributed by atoms with Crippen LogP contribution in [-0.4, -0.2) is 100 Å². The molecule has 0 aliphatic carbocycles. The molecule has 1 aliphatic heterocycles. The third-order valence-electron chi connectivity index (χ3n) is 9.79. The first kappa shape index (κ1) is 39.4. The summed E-state index contributed by atoms with van der Waals surface area (Å²) in [5.41, 5.74) is 3.19. The van der Waals surface area contributed by atoms with Crippen molar-refractivity contribution in [3.05, 3.63) is 108 Å². The van der Waals surface area contributed by atoms with Crippen molar-refractivity contribution >= 4 is 39.1 Å². The predicted molar refractivity (Wildman–Crippen MR) is 205 cm³/mol. The van der Waals surface area contributed by atoms with Gasteiger partial charge in [-0.25, -0.2) is 13.2 Å². The van der Waals surface area contributed by atoms with Crippen molar-refractivity contribution in [2.45, 2.75) is 70.2 Å². The van der Waals surface area contributed by atoms with Gasteiger partial charge < -0.3 is 25.4 Å². The summed E-state index contributed by atoms with van der Waals surface area (Å²) in [6.45, 7) is 8.73. The third-order valence-corrected chi connectivity index (χ3v) is 11.6. The lowest BCUT2D eigenvalue weighted by Crippen LogP contribution is -2.57. The highest BCUT2D eigenvalue weighted by Crippen LogP contribution is 2.26. The molecule has 1 saturated heterocycles. The number of pyridine rings is 1. The van der Waals surface area contributed by atoms with Gasteiger partial charge in [0.2, 0.25) is 15.9 Å². The zero-order valence-corrected chi connectivity index (χ0v) is 31.6. The lowest BCUT2D eigenvalue weighted by atomic mass is 9.95. The molecule has 5 rings (SSSR count). The molecule has 282 valence electrons. The number of hydrogen-bond acceptors (Lipinski definition) is 8. The van der Waals surface area contributed by atoms with Gasteiger partial charge in [-0.1, -0.05) is 99.9 Å². The molecule has 2 heterocycles. The number of nitrogens with one attached hydrogen (secondary N) is 1.